The number of nitrogens with one attached hydrogen (secondary N) is 2. The van der Waals surface area contributed by atoms with Gasteiger partial charge in [0.25, 0.3) is 5.91 Å². The van der Waals surface area contributed by atoms with Gasteiger partial charge in [-0.3, -0.25) is 4.79 Å². The number of rotatable bonds is 1. The zero-order valence-electron chi connectivity index (χ0n) is 11.0. The van der Waals surface area contributed by atoms with Crippen molar-refractivity contribution in [2.45, 2.75) is 39.8 Å². The minimum absolute atomic E-state index is 0.121. The maximum Gasteiger partial charge on any atom is 0.270 e. The van der Waals surface area contributed by atoms with Crippen molar-refractivity contribution >= 4 is 5.91 Å². The number of nitrogens with zero attached hydrogens (tertiary/aromatic N) is 1. The third-order valence-electron chi connectivity index (χ3n) is 3.21. The van der Waals surface area contributed by atoms with Crippen molar-refractivity contribution in [2.75, 3.05) is 13.1 Å². The van der Waals surface area contributed by atoms with Crippen LogP contribution < -0.4 is 5.32 Å². The Balaban J connectivity index is 2.17. The molecule has 0 saturated carbocycles. The van der Waals surface area contributed by atoms with E-state index in [0.29, 0.717) is 12.1 Å². The Morgan fingerprint density at radius 2 is 1.88 bits per heavy atom. The summed E-state index contributed by atoms with van der Waals surface area (Å²) < 4.78 is 0. The molecule has 94 valence electrons. The van der Waals surface area contributed by atoms with Crippen molar-refractivity contribution in [3.8, 4) is 0 Å². The number of H-pyrrole nitrogens is 1. The highest BCUT2D eigenvalue weighted by molar-refractivity contribution is 5.94. The van der Waals surface area contributed by atoms with Gasteiger partial charge < -0.3 is 15.2 Å². The summed E-state index contributed by atoms with van der Waals surface area (Å²) in [6.07, 6.45) is 0. The first kappa shape index (κ1) is 12.2. The quantitative estimate of drug-likeness (QED) is 0.774. The van der Waals surface area contributed by atoms with Crippen molar-refractivity contribution in [1.29, 1.82) is 0 Å². The summed E-state index contributed by atoms with van der Waals surface area (Å²) in [6.45, 7) is 9.74. The largest absolute Gasteiger partial charge is 0.354 e. The van der Waals surface area contributed by atoms with E-state index in [0.717, 1.165) is 30.0 Å². The van der Waals surface area contributed by atoms with Gasteiger partial charge in [-0.1, -0.05) is 0 Å². The first-order valence-electron chi connectivity index (χ1n) is 6.19. The number of aromatic nitrogens is 1. The van der Waals surface area contributed by atoms with E-state index in [4.69, 9.17) is 0 Å². The van der Waals surface area contributed by atoms with Gasteiger partial charge >= 0.3 is 0 Å². The fourth-order valence-electron chi connectivity index (χ4n) is 2.60. The highest BCUT2D eigenvalue weighted by atomic mass is 16.2. The molecule has 1 amide bonds. The molecule has 2 heterocycles. The number of carbonyl (C=O) groups excluding carboxylic acids is 1. The molecule has 2 rings (SSSR count). The summed E-state index contributed by atoms with van der Waals surface area (Å²) >= 11 is 0. The van der Waals surface area contributed by atoms with Crippen LogP contribution >= 0.6 is 0 Å². The van der Waals surface area contributed by atoms with E-state index in [-0.39, 0.29) is 5.91 Å². The Bertz CT molecular complexity index is 414. The average molecular weight is 235 g/mol. The lowest BCUT2D eigenvalue weighted by molar-refractivity contribution is 0.0667. The average Bonchev–Trinajstić information content (AvgIpc) is 2.55. The number of carbonyl (C=O) groups is 1. The van der Waals surface area contributed by atoms with Crippen molar-refractivity contribution in [3.63, 3.8) is 0 Å². The van der Waals surface area contributed by atoms with E-state index in [9.17, 15) is 4.79 Å². The normalized spacial score (nSPS) is 25.1. The molecule has 0 bridgehead atoms. The van der Waals surface area contributed by atoms with Gasteiger partial charge in [0, 0.05) is 30.9 Å². The Kier molecular flexibility index (Phi) is 3.24. The lowest BCUT2D eigenvalue weighted by atomic mass is 10.1. The second-order valence-electron chi connectivity index (χ2n) is 5.19. The highest BCUT2D eigenvalue weighted by Crippen LogP contribution is 2.14. The van der Waals surface area contributed by atoms with Crippen molar-refractivity contribution in [2.24, 2.45) is 0 Å². The molecule has 17 heavy (non-hydrogen) atoms. The van der Waals surface area contributed by atoms with Crippen LogP contribution in [-0.2, 0) is 0 Å². The first-order valence-corrected chi connectivity index (χ1v) is 6.19. The zero-order valence-corrected chi connectivity index (χ0v) is 11.0. The van der Waals surface area contributed by atoms with E-state index in [1.165, 1.54) is 0 Å². The van der Waals surface area contributed by atoms with Gasteiger partial charge in [0.05, 0.1) is 0 Å². The molecule has 1 aliphatic rings. The standard InChI is InChI=1S/C13H21N3O/c1-8-5-9(2)15-12(8)13(17)16-6-10(3)14-11(4)7-16/h5,10-11,14-15H,6-7H2,1-4H3. The van der Waals surface area contributed by atoms with Crippen LogP contribution in [0.25, 0.3) is 0 Å². The molecular formula is C13H21N3O. The number of hydrogen-bond acceptors (Lipinski definition) is 2. The van der Waals surface area contributed by atoms with E-state index in [1.54, 1.807) is 0 Å². The summed E-state index contributed by atoms with van der Waals surface area (Å²) in [5.74, 6) is 0.121. The monoisotopic (exact) mass is 235 g/mol. The molecule has 4 nitrogen and oxygen atoms in total. The van der Waals surface area contributed by atoms with Crippen LogP contribution in [0.1, 0.15) is 35.6 Å². The lowest BCUT2D eigenvalue weighted by Crippen LogP contribution is -2.56. The number of aryl methyl sites for hydroxylation is 2. The molecule has 2 unspecified atom stereocenters. The minimum atomic E-state index is 0.121. The summed E-state index contributed by atoms with van der Waals surface area (Å²) in [5.41, 5.74) is 2.82. The predicted molar refractivity (Wildman–Crippen MR) is 68.2 cm³/mol. The second-order valence-corrected chi connectivity index (χ2v) is 5.19. The van der Waals surface area contributed by atoms with E-state index < -0.39 is 0 Å². The molecule has 0 radical (unpaired) electrons. The van der Waals surface area contributed by atoms with Crippen LogP contribution in [0.5, 0.6) is 0 Å². The molecule has 1 aliphatic heterocycles. The molecule has 1 aromatic heterocycles. The van der Waals surface area contributed by atoms with Gasteiger partial charge in [-0.2, -0.15) is 0 Å². The maximum absolute atomic E-state index is 12.4. The van der Waals surface area contributed by atoms with E-state index in [1.807, 2.05) is 24.8 Å². The van der Waals surface area contributed by atoms with Gasteiger partial charge in [0.1, 0.15) is 5.69 Å². The minimum Gasteiger partial charge on any atom is -0.354 e. The Labute approximate surface area is 102 Å². The fourth-order valence-corrected chi connectivity index (χ4v) is 2.60. The van der Waals surface area contributed by atoms with Gasteiger partial charge in [-0.25, -0.2) is 0 Å². The van der Waals surface area contributed by atoms with E-state index >= 15 is 0 Å². The van der Waals surface area contributed by atoms with Crippen molar-refractivity contribution in [3.05, 3.63) is 23.0 Å². The van der Waals surface area contributed by atoms with Crippen LogP contribution in [-0.4, -0.2) is 41.0 Å². The summed E-state index contributed by atoms with van der Waals surface area (Å²) in [7, 11) is 0. The number of amides is 1. The van der Waals surface area contributed by atoms with Gasteiger partial charge in [-0.15, -0.1) is 0 Å². The predicted octanol–water partition coefficient (Wildman–Crippen LogP) is 1.45. The molecule has 0 aromatic carbocycles. The SMILES string of the molecule is Cc1cc(C)c(C(=O)N2CC(C)NC(C)C2)[nH]1. The van der Waals surface area contributed by atoms with Crippen LogP contribution in [0, 0.1) is 13.8 Å². The summed E-state index contributed by atoms with van der Waals surface area (Å²) in [4.78, 5) is 17.5. The Morgan fingerprint density at radius 3 is 2.35 bits per heavy atom. The van der Waals surface area contributed by atoms with Gasteiger partial charge in [0.2, 0.25) is 0 Å². The van der Waals surface area contributed by atoms with Crippen molar-refractivity contribution in [1.82, 2.24) is 15.2 Å². The van der Waals surface area contributed by atoms with Crippen LogP contribution in [0.3, 0.4) is 0 Å². The molecule has 4 heteroatoms. The number of piperazine rings is 1. The Hall–Kier alpha value is -1.29. The molecule has 1 aromatic rings. The Morgan fingerprint density at radius 1 is 1.29 bits per heavy atom. The van der Waals surface area contributed by atoms with Crippen LogP contribution in [0.15, 0.2) is 6.07 Å². The van der Waals surface area contributed by atoms with Gasteiger partial charge in [-0.05, 0) is 39.3 Å². The topological polar surface area (TPSA) is 48.1 Å². The molecule has 0 aliphatic carbocycles. The second kappa shape index (κ2) is 4.53. The van der Waals surface area contributed by atoms with Crippen LogP contribution in [0.4, 0.5) is 0 Å². The summed E-state index contributed by atoms with van der Waals surface area (Å²) in [5, 5.41) is 3.43. The fraction of sp³-hybridized carbons (Fsp3) is 0.615. The zero-order chi connectivity index (χ0) is 12.6. The van der Waals surface area contributed by atoms with Gasteiger partial charge in [0.15, 0.2) is 0 Å². The maximum atomic E-state index is 12.4. The smallest absolute Gasteiger partial charge is 0.270 e. The summed E-state index contributed by atoms with van der Waals surface area (Å²) in [6, 6.07) is 2.74. The molecule has 1 fully saturated rings. The lowest BCUT2D eigenvalue weighted by Gasteiger charge is -2.36. The number of hydrogen-bond donors (Lipinski definition) is 2. The first-order chi connectivity index (χ1) is 7.97. The van der Waals surface area contributed by atoms with Crippen molar-refractivity contribution < 1.29 is 4.79 Å². The molecule has 2 N–H and O–H groups in total. The molecular weight excluding hydrogens is 214 g/mol. The molecule has 0 spiro atoms. The third-order valence-corrected chi connectivity index (χ3v) is 3.21. The third kappa shape index (κ3) is 2.52. The number of aromatic amines is 1. The molecule has 2 atom stereocenters. The molecule has 1 saturated heterocycles. The van der Waals surface area contributed by atoms with E-state index in [2.05, 4.69) is 24.1 Å². The highest BCUT2D eigenvalue weighted by Gasteiger charge is 2.26. The van der Waals surface area contributed by atoms with Crippen LogP contribution in [0.2, 0.25) is 0 Å².